The third kappa shape index (κ3) is 5.34. The maximum absolute atomic E-state index is 13.2. The van der Waals surface area contributed by atoms with Gasteiger partial charge in [-0.2, -0.15) is 0 Å². The number of ketones is 1. The van der Waals surface area contributed by atoms with Gasteiger partial charge in [0, 0.05) is 47.7 Å². The topological polar surface area (TPSA) is 23.6 Å². The molecule has 0 heterocycles. The number of rotatable bonds is 8. The molecule has 3 nitrogen and oxygen atoms in total. The molecule has 2 saturated carbocycles. The van der Waals surface area contributed by atoms with Gasteiger partial charge in [-0.15, -0.1) is 0 Å². The fourth-order valence-corrected chi connectivity index (χ4v) is 6.51. The lowest BCUT2D eigenvalue weighted by Crippen LogP contribution is -2.41. The van der Waals surface area contributed by atoms with Crippen LogP contribution in [0, 0.1) is 11.8 Å². The number of carbonyl (C=O) groups is 1. The fourth-order valence-electron chi connectivity index (χ4n) is 6.51. The van der Waals surface area contributed by atoms with Crippen LogP contribution >= 0.6 is 0 Å². The van der Waals surface area contributed by atoms with Crippen molar-refractivity contribution in [3.05, 3.63) is 59.7 Å². The molecule has 4 rings (SSSR count). The summed E-state index contributed by atoms with van der Waals surface area (Å²) in [5, 5.41) is 0. The number of hydrogen-bond donors (Lipinski definition) is 0. The highest BCUT2D eigenvalue weighted by Crippen LogP contribution is 2.33. The van der Waals surface area contributed by atoms with Gasteiger partial charge in [-0.25, -0.2) is 0 Å². The predicted octanol–water partition coefficient (Wildman–Crippen LogP) is 7.73. The molecule has 0 amide bonds. The summed E-state index contributed by atoms with van der Waals surface area (Å²) < 4.78 is 0. The molecule has 0 N–H and O–H groups in total. The van der Waals surface area contributed by atoms with Gasteiger partial charge in [0.2, 0.25) is 0 Å². The minimum absolute atomic E-state index is 0.112. The molecular weight excluding hydrogens is 416 g/mol. The molecule has 2 aliphatic rings. The fraction of sp³-hybridized carbons (Fsp3) is 0.581. The van der Waals surface area contributed by atoms with Crippen LogP contribution in [-0.2, 0) is 0 Å². The van der Waals surface area contributed by atoms with Crippen molar-refractivity contribution in [3.8, 4) is 0 Å². The minimum Gasteiger partial charge on any atom is -0.369 e. The zero-order valence-electron chi connectivity index (χ0n) is 21.8. The van der Waals surface area contributed by atoms with Crippen LogP contribution in [-0.4, -0.2) is 31.0 Å². The summed E-state index contributed by atoms with van der Waals surface area (Å²) in [6.45, 7) is 11.3. The molecule has 3 heteroatoms. The van der Waals surface area contributed by atoms with Crippen molar-refractivity contribution < 1.29 is 4.79 Å². The van der Waals surface area contributed by atoms with Crippen LogP contribution in [0.1, 0.15) is 95.0 Å². The maximum Gasteiger partial charge on any atom is 0.193 e. The second-order valence-electron chi connectivity index (χ2n) is 10.7. The van der Waals surface area contributed by atoms with Crippen LogP contribution < -0.4 is 9.80 Å². The average molecular weight is 461 g/mol. The van der Waals surface area contributed by atoms with E-state index in [9.17, 15) is 4.79 Å². The molecule has 4 atom stereocenters. The first-order chi connectivity index (χ1) is 16.5. The van der Waals surface area contributed by atoms with Crippen LogP contribution in [0.4, 0.5) is 11.4 Å². The van der Waals surface area contributed by atoms with Crippen LogP contribution in [0.5, 0.6) is 0 Å². The smallest absolute Gasteiger partial charge is 0.193 e. The second-order valence-corrected chi connectivity index (χ2v) is 10.7. The Bertz CT molecular complexity index is 844. The van der Waals surface area contributed by atoms with Crippen molar-refractivity contribution in [1.29, 1.82) is 0 Å². The van der Waals surface area contributed by atoms with Crippen LogP contribution in [0.25, 0.3) is 0 Å². The first-order valence-corrected chi connectivity index (χ1v) is 13.8. The maximum atomic E-state index is 13.2. The van der Waals surface area contributed by atoms with Gasteiger partial charge < -0.3 is 9.80 Å². The molecule has 2 aliphatic carbocycles. The van der Waals surface area contributed by atoms with E-state index in [4.69, 9.17) is 0 Å². The molecule has 0 spiro atoms. The Morgan fingerprint density at radius 1 is 0.647 bits per heavy atom. The molecule has 0 saturated heterocycles. The molecule has 2 aromatic rings. The lowest BCUT2D eigenvalue weighted by Gasteiger charge is -2.39. The third-order valence-corrected chi connectivity index (χ3v) is 8.54. The monoisotopic (exact) mass is 460 g/mol. The van der Waals surface area contributed by atoms with E-state index in [1.165, 1.54) is 62.7 Å². The molecule has 0 aliphatic heterocycles. The van der Waals surface area contributed by atoms with Crippen molar-refractivity contribution in [3.63, 3.8) is 0 Å². The van der Waals surface area contributed by atoms with Crippen molar-refractivity contribution in [2.75, 3.05) is 22.9 Å². The lowest BCUT2D eigenvalue weighted by atomic mass is 9.84. The van der Waals surface area contributed by atoms with Crippen molar-refractivity contribution >= 4 is 17.2 Å². The molecule has 4 unspecified atom stereocenters. The Morgan fingerprint density at radius 3 is 1.32 bits per heavy atom. The van der Waals surface area contributed by atoms with Crippen LogP contribution in [0.15, 0.2) is 48.5 Å². The minimum atomic E-state index is 0.112. The molecule has 0 aromatic heterocycles. The summed E-state index contributed by atoms with van der Waals surface area (Å²) in [4.78, 5) is 18.3. The molecule has 2 fully saturated rings. The predicted molar refractivity (Wildman–Crippen MR) is 145 cm³/mol. The molecule has 0 radical (unpaired) electrons. The first-order valence-electron chi connectivity index (χ1n) is 13.8. The van der Waals surface area contributed by atoms with Crippen molar-refractivity contribution in [2.45, 2.75) is 91.1 Å². The Hall–Kier alpha value is -2.29. The summed E-state index contributed by atoms with van der Waals surface area (Å²) in [6.07, 6.45) is 10.6. The Kier molecular flexibility index (Phi) is 8.34. The highest BCUT2D eigenvalue weighted by molar-refractivity contribution is 6.09. The van der Waals surface area contributed by atoms with Crippen molar-refractivity contribution in [1.82, 2.24) is 0 Å². The standard InChI is InChI=1S/C31H44N2O/c1-5-32(29-13-9-7-11-23(29)3)27-19-15-25(16-20-27)31(34)26-17-21-28(22-18-26)33(6-2)30-14-10-8-12-24(30)4/h15-24,29-30H,5-14H2,1-4H3. The Morgan fingerprint density at radius 2 is 1.00 bits per heavy atom. The summed E-state index contributed by atoms with van der Waals surface area (Å²) in [5.74, 6) is 1.57. The van der Waals surface area contributed by atoms with Gasteiger partial charge in [-0.05, 0) is 99.9 Å². The van der Waals surface area contributed by atoms with E-state index in [2.05, 4.69) is 61.8 Å². The van der Waals surface area contributed by atoms with E-state index in [0.717, 1.165) is 36.1 Å². The Balaban J connectivity index is 1.46. The SMILES string of the molecule is CCN(c1ccc(C(=O)c2ccc(N(CC)C3CCCCC3C)cc2)cc1)C1CCCCC1C. The van der Waals surface area contributed by atoms with E-state index in [-0.39, 0.29) is 5.78 Å². The van der Waals surface area contributed by atoms with Crippen LogP contribution in [0.3, 0.4) is 0 Å². The first kappa shape index (κ1) is 24.8. The molecular formula is C31H44N2O. The molecule has 184 valence electrons. The Labute approximate surface area is 207 Å². The van der Waals surface area contributed by atoms with Gasteiger partial charge in [-0.1, -0.05) is 39.5 Å². The zero-order valence-corrected chi connectivity index (χ0v) is 21.8. The number of hydrogen-bond acceptors (Lipinski definition) is 3. The summed E-state index contributed by atoms with van der Waals surface area (Å²) >= 11 is 0. The van der Waals surface area contributed by atoms with Gasteiger partial charge in [-0.3, -0.25) is 4.79 Å². The molecule has 2 aromatic carbocycles. The molecule has 34 heavy (non-hydrogen) atoms. The summed E-state index contributed by atoms with van der Waals surface area (Å²) in [5.41, 5.74) is 4.04. The van der Waals surface area contributed by atoms with Crippen molar-refractivity contribution in [2.24, 2.45) is 11.8 Å². The van der Waals surface area contributed by atoms with Crippen LogP contribution in [0.2, 0.25) is 0 Å². The van der Waals surface area contributed by atoms with E-state index in [1.54, 1.807) is 0 Å². The average Bonchev–Trinajstić information content (AvgIpc) is 2.87. The largest absolute Gasteiger partial charge is 0.369 e. The van der Waals surface area contributed by atoms with E-state index < -0.39 is 0 Å². The van der Waals surface area contributed by atoms with E-state index in [1.807, 2.05) is 24.3 Å². The highest BCUT2D eigenvalue weighted by Gasteiger charge is 2.28. The van der Waals surface area contributed by atoms with Gasteiger partial charge in [0.25, 0.3) is 0 Å². The molecule has 0 bridgehead atoms. The summed E-state index contributed by atoms with van der Waals surface area (Å²) in [7, 11) is 0. The second kappa shape index (κ2) is 11.4. The quantitative estimate of drug-likeness (QED) is 0.377. The van der Waals surface area contributed by atoms with Gasteiger partial charge in [0.05, 0.1) is 0 Å². The summed E-state index contributed by atoms with van der Waals surface area (Å²) in [6, 6.07) is 17.9. The number of benzene rings is 2. The van der Waals surface area contributed by atoms with E-state index >= 15 is 0 Å². The highest BCUT2D eigenvalue weighted by atomic mass is 16.1. The van der Waals surface area contributed by atoms with Gasteiger partial charge >= 0.3 is 0 Å². The number of nitrogens with zero attached hydrogens (tertiary/aromatic N) is 2. The normalized spacial score (nSPS) is 25.1. The van der Waals surface area contributed by atoms with E-state index in [0.29, 0.717) is 12.1 Å². The lowest BCUT2D eigenvalue weighted by molar-refractivity contribution is 0.103. The number of anilines is 2. The third-order valence-electron chi connectivity index (χ3n) is 8.54. The zero-order chi connectivity index (χ0) is 24.1. The number of carbonyl (C=O) groups excluding carboxylic acids is 1. The van der Waals surface area contributed by atoms with Gasteiger partial charge in [0.15, 0.2) is 5.78 Å². The van der Waals surface area contributed by atoms with Gasteiger partial charge in [0.1, 0.15) is 0 Å².